The van der Waals surface area contributed by atoms with Crippen molar-refractivity contribution in [3.05, 3.63) is 65.6 Å². The predicted molar refractivity (Wildman–Crippen MR) is 108 cm³/mol. The summed E-state index contributed by atoms with van der Waals surface area (Å²) < 4.78 is 6.00. The van der Waals surface area contributed by atoms with E-state index in [0.717, 1.165) is 17.5 Å². The van der Waals surface area contributed by atoms with Gasteiger partial charge in [-0.2, -0.15) is 0 Å². The quantitative estimate of drug-likeness (QED) is 0.671. The molecule has 0 atom stereocenters. The van der Waals surface area contributed by atoms with E-state index >= 15 is 0 Å². The first kappa shape index (κ1) is 19.5. The normalized spacial score (nSPS) is 13.5. The lowest BCUT2D eigenvalue weighted by atomic mass is 10.1. The van der Waals surface area contributed by atoms with Crippen molar-refractivity contribution in [2.75, 3.05) is 6.54 Å². The fraction of sp³-hybridized carbons (Fsp3) is 0.227. The van der Waals surface area contributed by atoms with Crippen LogP contribution in [0.3, 0.4) is 0 Å². The van der Waals surface area contributed by atoms with Crippen molar-refractivity contribution in [3.63, 3.8) is 0 Å². The minimum atomic E-state index is -1.04. The fourth-order valence-corrected chi connectivity index (χ4v) is 3.28. The Balaban J connectivity index is 1.59. The Morgan fingerprint density at radius 2 is 1.97 bits per heavy atom. The highest BCUT2D eigenvalue weighted by Gasteiger charge is 2.22. The number of hydrogen-bond donors (Lipinski definition) is 1. The van der Waals surface area contributed by atoms with Crippen LogP contribution in [0.25, 0.3) is 11.3 Å². The number of aromatic carboxylic acids is 1. The van der Waals surface area contributed by atoms with Gasteiger partial charge >= 0.3 is 5.97 Å². The number of rotatable bonds is 6. The fourth-order valence-electron chi connectivity index (χ4n) is 3.28. The zero-order valence-electron chi connectivity index (χ0n) is 16.4. The monoisotopic (exact) mass is 404 g/mol. The Labute approximate surface area is 173 Å². The van der Waals surface area contributed by atoms with Crippen LogP contribution in [0, 0.1) is 6.92 Å². The molecule has 0 bridgehead atoms. The molecule has 0 aliphatic carbocycles. The Kier molecular flexibility index (Phi) is 5.38. The van der Waals surface area contributed by atoms with E-state index in [0.29, 0.717) is 42.5 Å². The molecule has 8 nitrogen and oxygen atoms in total. The van der Waals surface area contributed by atoms with Crippen LogP contribution in [0.4, 0.5) is 0 Å². The summed E-state index contributed by atoms with van der Waals surface area (Å²) in [7, 11) is 0. The van der Waals surface area contributed by atoms with E-state index in [4.69, 9.17) is 4.74 Å². The number of aromatic nitrogens is 3. The average Bonchev–Trinajstić information content (AvgIpc) is 3.15. The molecule has 4 rings (SSSR count). The third-order valence-corrected chi connectivity index (χ3v) is 4.90. The maximum absolute atomic E-state index is 12.0. The van der Waals surface area contributed by atoms with Gasteiger partial charge in [-0.3, -0.25) is 4.79 Å². The van der Waals surface area contributed by atoms with Crippen LogP contribution in [0.15, 0.2) is 48.7 Å². The predicted octanol–water partition coefficient (Wildman–Crippen LogP) is 3.46. The first-order valence-electron chi connectivity index (χ1n) is 9.58. The Morgan fingerprint density at radius 1 is 1.17 bits per heavy atom. The van der Waals surface area contributed by atoms with Gasteiger partial charge in [-0.25, -0.2) is 9.78 Å². The summed E-state index contributed by atoms with van der Waals surface area (Å²) in [4.78, 5) is 29.3. The molecule has 1 fully saturated rings. The van der Waals surface area contributed by atoms with E-state index < -0.39 is 5.97 Å². The molecular formula is C22H20N4O4. The van der Waals surface area contributed by atoms with Crippen molar-refractivity contribution >= 4 is 11.9 Å². The summed E-state index contributed by atoms with van der Waals surface area (Å²) in [5.74, 6) is 0.619. The first-order chi connectivity index (χ1) is 14.5. The SMILES string of the molecule is Cc1ncc(-c2ccc(Oc3cc(C(=O)O)ccc3CN3CCCC3=O)cc2)nn1. The first-order valence-corrected chi connectivity index (χ1v) is 9.58. The zero-order valence-corrected chi connectivity index (χ0v) is 16.4. The number of carbonyl (C=O) groups is 2. The number of amides is 1. The van der Waals surface area contributed by atoms with Gasteiger partial charge < -0.3 is 14.7 Å². The van der Waals surface area contributed by atoms with Crippen molar-refractivity contribution in [2.24, 2.45) is 0 Å². The molecule has 0 radical (unpaired) electrons. The summed E-state index contributed by atoms with van der Waals surface area (Å²) in [5, 5.41) is 17.4. The number of aryl methyl sites for hydroxylation is 1. The number of carboxylic acids is 1. The number of likely N-dealkylation sites (tertiary alicyclic amines) is 1. The minimum absolute atomic E-state index is 0.0976. The highest BCUT2D eigenvalue weighted by molar-refractivity contribution is 5.88. The van der Waals surface area contributed by atoms with E-state index in [1.807, 2.05) is 12.1 Å². The number of nitrogens with zero attached hydrogens (tertiary/aromatic N) is 4. The summed E-state index contributed by atoms with van der Waals surface area (Å²) in [6, 6.07) is 11.9. The minimum Gasteiger partial charge on any atom is -0.478 e. The Hall–Kier alpha value is -3.81. The molecule has 30 heavy (non-hydrogen) atoms. The van der Waals surface area contributed by atoms with Crippen molar-refractivity contribution in [2.45, 2.75) is 26.3 Å². The van der Waals surface area contributed by atoms with Crippen LogP contribution in [0.2, 0.25) is 0 Å². The Morgan fingerprint density at radius 3 is 2.60 bits per heavy atom. The lowest BCUT2D eigenvalue weighted by Crippen LogP contribution is -2.24. The van der Waals surface area contributed by atoms with Gasteiger partial charge in [-0.05, 0) is 49.7 Å². The number of carboxylic acid groups (broad SMARTS) is 1. The molecule has 1 aliphatic rings. The van der Waals surface area contributed by atoms with E-state index in [9.17, 15) is 14.7 Å². The molecule has 1 aliphatic heterocycles. The number of carbonyl (C=O) groups excluding carboxylic acids is 1. The summed E-state index contributed by atoms with van der Waals surface area (Å²) in [6.45, 7) is 2.85. The Bertz CT molecular complexity index is 1080. The maximum atomic E-state index is 12.0. The number of hydrogen-bond acceptors (Lipinski definition) is 6. The standard InChI is InChI=1S/C22H20N4O4/c1-14-23-12-19(25-24-14)15-6-8-18(9-7-15)30-20-11-16(22(28)29)4-5-17(20)13-26-10-2-3-21(26)27/h4-9,11-12H,2-3,10,13H2,1H3,(H,28,29). The van der Waals surface area contributed by atoms with E-state index in [1.54, 1.807) is 36.2 Å². The molecule has 0 saturated carbocycles. The van der Waals surface area contributed by atoms with E-state index in [2.05, 4.69) is 15.2 Å². The van der Waals surface area contributed by atoms with Crippen LogP contribution in [-0.2, 0) is 11.3 Å². The van der Waals surface area contributed by atoms with Crippen molar-refractivity contribution in [3.8, 4) is 22.8 Å². The van der Waals surface area contributed by atoms with Crippen LogP contribution < -0.4 is 4.74 Å². The second kappa shape index (κ2) is 8.28. The van der Waals surface area contributed by atoms with Crippen LogP contribution >= 0.6 is 0 Å². The summed E-state index contributed by atoms with van der Waals surface area (Å²) in [5.41, 5.74) is 2.37. The highest BCUT2D eigenvalue weighted by atomic mass is 16.5. The molecule has 0 spiro atoms. The molecule has 8 heteroatoms. The van der Waals surface area contributed by atoms with Crippen LogP contribution in [0.1, 0.15) is 34.6 Å². The van der Waals surface area contributed by atoms with Crippen LogP contribution in [0.5, 0.6) is 11.5 Å². The smallest absolute Gasteiger partial charge is 0.335 e. The molecular weight excluding hydrogens is 384 g/mol. The maximum Gasteiger partial charge on any atom is 0.335 e. The van der Waals surface area contributed by atoms with E-state index in [1.165, 1.54) is 12.1 Å². The molecule has 1 amide bonds. The van der Waals surface area contributed by atoms with Crippen molar-refractivity contribution < 1.29 is 19.4 Å². The third kappa shape index (κ3) is 4.27. The molecule has 1 saturated heterocycles. The topological polar surface area (TPSA) is 106 Å². The summed E-state index contributed by atoms with van der Waals surface area (Å²) >= 11 is 0. The van der Waals surface area contributed by atoms with Crippen LogP contribution in [-0.4, -0.2) is 43.6 Å². The van der Waals surface area contributed by atoms with Gasteiger partial charge in [0.05, 0.1) is 11.8 Å². The second-order valence-corrected chi connectivity index (χ2v) is 7.06. The largest absolute Gasteiger partial charge is 0.478 e. The lowest BCUT2D eigenvalue weighted by molar-refractivity contribution is -0.128. The molecule has 3 aromatic rings. The highest BCUT2D eigenvalue weighted by Crippen LogP contribution is 2.30. The van der Waals surface area contributed by atoms with Gasteiger partial charge in [-0.1, -0.05) is 6.07 Å². The molecule has 152 valence electrons. The average molecular weight is 404 g/mol. The van der Waals surface area contributed by atoms with E-state index in [-0.39, 0.29) is 11.5 Å². The van der Waals surface area contributed by atoms with Gasteiger partial charge in [0.2, 0.25) is 5.91 Å². The number of ether oxygens (including phenoxy) is 1. The molecule has 2 aromatic carbocycles. The lowest BCUT2D eigenvalue weighted by Gasteiger charge is -2.19. The van der Waals surface area contributed by atoms with Gasteiger partial charge in [0.15, 0.2) is 0 Å². The molecule has 2 heterocycles. The summed E-state index contributed by atoms with van der Waals surface area (Å²) in [6.07, 6.45) is 3.03. The van der Waals surface area contributed by atoms with Gasteiger partial charge in [0, 0.05) is 30.6 Å². The van der Waals surface area contributed by atoms with Gasteiger partial charge in [0.1, 0.15) is 23.0 Å². The molecule has 1 N–H and O–H groups in total. The number of benzene rings is 2. The third-order valence-electron chi connectivity index (χ3n) is 4.90. The van der Waals surface area contributed by atoms with Gasteiger partial charge in [0.25, 0.3) is 0 Å². The molecule has 0 unspecified atom stereocenters. The molecule has 1 aromatic heterocycles. The van der Waals surface area contributed by atoms with Crippen molar-refractivity contribution in [1.82, 2.24) is 20.1 Å². The zero-order chi connectivity index (χ0) is 21.1. The van der Waals surface area contributed by atoms with Gasteiger partial charge in [-0.15, -0.1) is 10.2 Å². The second-order valence-electron chi connectivity index (χ2n) is 7.06. The van der Waals surface area contributed by atoms with Crippen molar-refractivity contribution in [1.29, 1.82) is 0 Å².